The van der Waals surface area contributed by atoms with Crippen molar-refractivity contribution in [2.24, 2.45) is 17.8 Å². The van der Waals surface area contributed by atoms with E-state index in [1.165, 1.54) is 32.1 Å². The van der Waals surface area contributed by atoms with Crippen molar-refractivity contribution in [1.82, 2.24) is 10.2 Å². The van der Waals surface area contributed by atoms with Gasteiger partial charge < -0.3 is 15.3 Å². The van der Waals surface area contributed by atoms with Crippen molar-refractivity contribution in [3.63, 3.8) is 0 Å². The van der Waals surface area contributed by atoms with Gasteiger partial charge in [-0.15, -0.1) is 0 Å². The van der Waals surface area contributed by atoms with Crippen molar-refractivity contribution in [2.45, 2.75) is 83.1 Å². The van der Waals surface area contributed by atoms with Crippen molar-refractivity contribution in [3.05, 3.63) is 0 Å². The highest BCUT2D eigenvalue weighted by Gasteiger charge is 2.37. The first-order chi connectivity index (χ1) is 13.0. The van der Waals surface area contributed by atoms with Gasteiger partial charge in [0.25, 0.3) is 0 Å². The second kappa shape index (κ2) is 9.56. The molecule has 0 radical (unpaired) electrons. The first-order valence-electron chi connectivity index (χ1n) is 10.8. The minimum Gasteiger partial charge on any atom is -0.481 e. The summed E-state index contributed by atoms with van der Waals surface area (Å²) >= 11 is 0. The molecule has 6 heteroatoms. The number of carbonyl (C=O) groups excluding carboxylic acids is 2. The maximum atomic E-state index is 12.9. The molecular formula is C21H34N2O4. The lowest BCUT2D eigenvalue weighted by Crippen LogP contribution is -2.48. The topological polar surface area (TPSA) is 86.7 Å². The van der Waals surface area contributed by atoms with Crippen LogP contribution in [-0.4, -0.2) is 46.9 Å². The predicted molar refractivity (Wildman–Crippen MR) is 102 cm³/mol. The molecule has 0 spiro atoms. The number of nitrogens with zero attached hydrogens (tertiary/aromatic N) is 1. The third kappa shape index (κ3) is 6.22. The quantitative estimate of drug-likeness (QED) is 0.680. The van der Waals surface area contributed by atoms with Crippen LogP contribution in [0.5, 0.6) is 0 Å². The SMILES string of the molecule is O=C(O)CCC(CC1CCCCC1)NC(=O)C1CCCN(C(=O)C2CC2)C1. The Morgan fingerprint density at radius 3 is 2.37 bits per heavy atom. The van der Waals surface area contributed by atoms with E-state index in [9.17, 15) is 14.4 Å². The van der Waals surface area contributed by atoms with Gasteiger partial charge >= 0.3 is 5.97 Å². The second-order valence-electron chi connectivity index (χ2n) is 8.78. The molecule has 1 saturated heterocycles. The van der Waals surface area contributed by atoms with Crippen molar-refractivity contribution in [3.8, 4) is 0 Å². The fourth-order valence-corrected chi connectivity index (χ4v) is 4.67. The van der Waals surface area contributed by atoms with E-state index in [1.54, 1.807) is 0 Å². The van der Waals surface area contributed by atoms with E-state index < -0.39 is 5.97 Å². The number of aliphatic carboxylic acids is 1. The Morgan fingerprint density at radius 2 is 1.70 bits per heavy atom. The van der Waals surface area contributed by atoms with E-state index in [4.69, 9.17) is 5.11 Å². The van der Waals surface area contributed by atoms with E-state index in [0.29, 0.717) is 18.9 Å². The summed E-state index contributed by atoms with van der Waals surface area (Å²) in [6.07, 6.45) is 11.3. The van der Waals surface area contributed by atoms with Crippen LogP contribution in [-0.2, 0) is 14.4 Å². The van der Waals surface area contributed by atoms with Crippen LogP contribution in [0, 0.1) is 17.8 Å². The van der Waals surface area contributed by atoms with E-state index in [0.717, 1.165) is 38.6 Å². The second-order valence-corrected chi connectivity index (χ2v) is 8.78. The molecule has 3 fully saturated rings. The number of nitrogens with one attached hydrogen (secondary N) is 1. The van der Waals surface area contributed by atoms with E-state index >= 15 is 0 Å². The first kappa shape index (κ1) is 20.2. The summed E-state index contributed by atoms with van der Waals surface area (Å²) in [6, 6.07) is -0.0637. The molecule has 3 rings (SSSR count). The van der Waals surface area contributed by atoms with Crippen LogP contribution in [0.3, 0.4) is 0 Å². The van der Waals surface area contributed by atoms with Gasteiger partial charge in [-0.2, -0.15) is 0 Å². The molecule has 1 heterocycles. The van der Waals surface area contributed by atoms with Crippen LogP contribution < -0.4 is 5.32 Å². The summed E-state index contributed by atoms with van der Waals surface area (Å²) in [5.41, 5.74) is 0. The molecule has 1 aliphatic heterocycles. The third-order valence-electron chi connectivity index (χ3n) is 6.43. The molecule has 2 N–H and O–H groups in total. The van der Waals surface area contributed by atoms with Crippen LogP contribution in [0.2, 0.25) is 0 Å². The van der Waals surface area contributed by atoms with Crippen LogP contribution in [0.25, 0.3) is 0 Å². The molecule has 0 aromatic carbocycles. The lowest BCUT2D eigenvalue weighted by atomic mass is 9.83. The third-order valence-corrected chi connectivity index (χ3v) is 6.43. The normalized spacial score (nSPS) is 25.0. The van der Waals surface area contributed by atoms with Gasteiger partial charge in [0.1, 0.15) is 0 Å². The molecule has 2 saturated carbocycles. The molecule has 152 valence electrons. The molecule has 6 nitrogen and oxygen atoms in total. The minimum absolute atomic E-state index is 0.00879. The summed E-state index contributed by atoms with van der Waals surface area (Å²) < 4.78 is 0. The molecule has 0 aromatic rings. The molecule has 2 aliphatic carbocycles. The van der Waals surface area contributed by atoms with Gasteiger partial charge in [0.05, 0.1) is 5.92 Å². The number of hydrogen-bond acceptors (Lipinski definition) is 3. The lowest BCUT2D eigenvalue weighted by molar-refractivity contribution is -0.139. The van der Waals surface area contributed by atoms with Crippen LogP contribution in [0.4, 0.5) is 0 Å². The van der Waals surface area contributed by atoms with E-state index in [-0.39, 0.29) is 36.1 Å². The molecular weight excluding hydrogens is 344 g/mol. The Bertz CT molecular complexity index is 540. The van der Waals surface area contributed by atoms with Gasteiger partial charge in [0.15, 0.2) is 0 Å². The van der Waals surface area contributed by atoms with Crippen molar-refractivity contribution < 1.29 is 19.5 Å². The van der Waals surface area contributed by atoms with Crippen LogP contribution >= 0.6 is 0 Å². The molecule has 0 bridgehead atoms. The molecule has 27 heavy (non-hydrogen) atoms. The average molecular weight is 379 g/mol. The van der Waals surface area contributed by atoms with Gasteiger partial charge in [-0.3, -0.25) is 14.4 Å². The molecule has 2 amide bonds. The Kier molecular flexibility index (Phi) is 7.13. The number of hydrogen-bond donors (Lipinski definition) is 2. The summed E-state index contributed by atoms with van der Waals surface area (Å²) in [7, 11) is 0. The average Bonchev–Trinajstić information content (AvgIpc) is 3.51. The number of carboxylic acids is 1. The van der Waals surface area contributed by atoms with Gasteiger partial charge in [-0.05, 0) is 44.4 Å². The van der Waals surface area contributed by atoms with Gasteiger partial charge in [0, 0.05) is 31.5 Å². The molecule has 2 unspecified atom stereocenters. The number of piperidine rings is 1. The standard InChI is InChI=1S/C21H34N2O4/c24-19(25)11-10-18(13-15-5-2-1-3-6-15)22-20(26)17-7-4-12-23(14-17)21(27)16-8-9-16/h15-18H,1-14H2,(H,22,26)(H,24,25). The zero-order valence-corrected chi connectivity index (χ0v) is 16.3. The van der Waals surface area contributed by atoms with Crippen LogP contribution in [0.1, 0.15) is 77.0 Å². The van der Waals surface area contributed by atoms with E-state index in [2.05, 4.69) is 5.32 Å². The van der Waals surface area contributed by atoms with Crippen molar-refractivity contribution in [2.75, 3.05) is 13.1 Å². The zero-order valence-electron chi connectivity index (χ0n) is 16.3. The summed E-state index contributed by atoms with van der Waals surface area (Å²) in [5, 5.41) is 12.2. The predicted octanol–water partition coefficient (Wildman–Crippen LogP) is 2.96. The monoisotopic (exact) mass is 378 g/mol. The first-order valence-corrected chi connectivity index (χ1v) is 10.8. The Balaban J connectivity index is 1.53. The smallest absolute Gasteiger partial charge is 0.303 e. The van der Waals surface area contributed by atoms with Gasteiger partial charge in [0.2, 0.25) is 11.8 Å². The maximum Gasteiger partial charge on any atom is 0.303 e. The minimum atomic E-state index is -0.809. The summed E-state index contributed by atoms with van der Waals surface area (Å²) in [6.45, 7) is 1.29. The number of rotatable bonds is 8. The van der Waals surface area contributed by atoms with Crippen molar-refractivity contribution in [1.29, 1.82) is 0 Å². The zero-order chi connectivity index (χ0) is 19.2. The number of carbonyl (C=O) groups is 3. The molecule has 2 atom stereocenters. The highest BCUT2D eigenvalue weighted by atomic mass is 16.4. The Hall–Kier alpha value is -1.59. The summed E-state index contributed by atoms with van der Waals surface area (Å²) in [5.74, 6) is 0.0575. The van der Waals surface area contributed by atoms with Gasteiger partial charge in [-0.1, -0.05) is 32.1 Å². The van der Waals surface area contributed by atoms with Crippen molar-refractivity contribution >= 4 is 17.8 Å². The fourth-order valence-electron chi connectivity index (χ4n) is 4.67. The lowest BCUT2D eigenvalue weighted by Gasteiger charge is -2.34. The van der Waals surface area contributed by atoms with Gasteiger partial charge in [-0.25, -0.2) is 0 Å². The molecule has 3 aliphatic rings. The number of amides is 2. The van der Waals surface area contributed by atoms with Crippen LogP contribution in [0.15, 0.2) is 0 Å². The highest BCUT2D eigenvalue weighted by Crippen LogP contribution is 2.33. The largest absolute Gasteiger partial charge is 0.481 e. The Labute approximate surface area is 162 Å². The number of carboxylic acid groups (broad SMARTS) is 1. The Morgan fingerprint density at radius 1 is 0.963 bits per heavy atom. The maximum absolute atomic E-state index is 12.9. The molecule has 0 aromatic heterocycles. The fraction of sp³-hybridized carbons (Fsp3) is 0.857. The number of likely N-dealkylation sites (tertiary alicyclic amines) is 1. The summed E-state index contributed by atoms with van der Waals surface area (Å²) in [4.78, 5) is 38.1. The van der Waals surface area contributed by atoms with E-state index in [1.807, 2.05) is 4.90 Å². The highest BCUT2D eigenvalue weighted by molar-refractivity contribution is 5.83.